The topological polar surface area (TPSA) is 45.1 Å². The lowest BCUT2D eigenvalue weighted by atomic mass is 10.1. The summed E-state index contributed by atoms with van der Waals surface area (Å²) in [4.78, 5) is 13.8. The summed E-state index contributed by atoms with van der Waals surface area (Å²) in [5.41, 5.74) is 7.05. The van der Waals surface area contributed by atoms with Gasteiger partial charge in [-0.3, -0.25) is 0 Å². The molecule has 0 unspecified atom stereocenters. The van der Waals surface area contributed by atoms with Gasteiger partial charge in [-0.1, -0.05) is 72.8 Å². The van der Waals surface area contributed by atoms with Crippen molar-refractivity contribution < 1.29 is 9.53 Å². The predicted molar refractivity (Wildman–Crippen MR) is 164 cm³/mol. The molecule has 0 aliphatic carbocycles. The van der Waals surface area contributed by atoms with Crippen molar-refractivity contribution in [2.24, 2.45) is 5.10 Å². The Balaban J connectivity index is 1.44. The van der Waals surface area contributed by atoms with E-state index >= 15 is 0 Å². The van der Waals surface area contributed by atoms with Gasteiger partial charge in [0.05, 0.1) is 17.6 Å². The van der Waals surface area contributed by atoms with Crippen LogP contribution in [0.3, 0.4) is 0 Å². The van der Waals surface area contributed by atoms with Crippen molar-refractivity contribution in [1.82, 2.24) is 0 Å². The van der Waals surface area contributed by atoms with Crippen molar-refractivity contribution in [3.05, 3.63) is 157 Å². The van der Waals surface area contributed by atoms with Gasteiger partial charge in [-0.05, 0) is 85.3 Å². The number of nitrogens with zero attached hydrogens (tertiary/aromatic N) is 3. The number of rotatable bonds is 9. The molecule has 5 rings (SSSR count). The number of benzene rings is 5. The van der Waals surface area contributed by atoms with E-state index in [0.29, 0.717) is 5.75 Å². The molecule has 0 aromatic heterocycles. The quantitative estimate of drug-likeness (QED) is 0.0637. The third-order valence-corrected chi connectivity index (χ3v) is 6.25. The van der Waals surface area contributed by atoms with Gasteiger partial charge in [-0.25, -0.2) is 9.80 Å². The molecule has 0 aliphatic rings. The molecule has 196 valence electrons. The lowest BCUT2D eigenvalue weighted by molar-refractivity contribution is -0.128. The van der Waals surface area contributed by atoms with Gasteiger partial charge in [-0.2, -0.15) is 5.10 Å². The molecule has 5 aromatic carbocycles. The number of ether oxygens (including phenoxy) is 1. The Morgan fingerprint density at radius 2 is 1.12 bits per heavy atom. The summed E-state index contributed by atoms with van der Waals surface area (Å²) < 4.78 is 5.26. The molecule has 0 aliphatic heterocycles. The van der Waals surface area contributed by atoms with Crippen LogP contribution in [0.4, 0.5) is 28.4 Å². The summed E-state index contributed by atoms with van der Waals surface area (Å²) in [6, 6.07) is 44.2. The van der Waals surface area contributed by atoms with Crippen molar-refractivity contribution in [3.8, 4) is 5.75 Å². The van der Waals surface area contributed by atoms with E-state index < -0.39 is 5.97 Å². The highest BCUT2D eigenvalue weighted by Gasteiger charge is 2.13. The van der Waals surface area contributed by atoms with Gasteiger partial charge in [-0.15, -0.1) is 0 Å². The number of anilines is 5. The average Bonchev–Trinajstić information content (AvgIpc) is 3.01. The van der Waals surface area contributed by atoms with Crippen LogP contribution in [0.1, 0.15) is 11.1 Å². The van der Waals surface area contributed by atoms with Crippen LogP contribution in [0.15, 0.2) is 151 Å². The minimum Gasteiger partial charge on any atom is -0.423 e. The summed E-state index contributed by atoms with van der Waals surface area (Å²) >= 11 is 0. The number of carbonyl (C=O) groups excluding carboxylic acids is 1. The van der Waals surface area contributed by atoms with Crippen LogP contribution in [-0.2, 0) is 4.79 Å². The van der Waals surface area contributed by atoms with Gasteiger partial charge >= 0.3 is 5.97 Å². The summed E-state index contributed by atoms with van der Waals surface area (Å²) in [6.45, 7) is 5.52. The molecule has 0 radical (unpaired) electrons. The van der Waals surface area contributed by atoms with Gasteiger partial charge < -0.3 is 9.64 Å². The van der Waals surface area contributed by atoms with Crippen molar-refractivity contribution >= 4 is 40.6 Å². The predicted octanol–water partition coefficient (Wildman–Crippen LogP) is 8.73. The van der Waals surface area contributed by atoms with Crippen molar-refractivity contribution in [2.75, 3.05) is 9.91 Å². The summed E-state index contributed by atoms with van der Waals surface area (Å²) in [6.07, 6.45) is 3.01. The molecule has 0 saturated heterocycles. The van der Waals surface area contributed by atoms with Crippen molar-refractivity contribution in [3.63, 3.8) is 0 Å². The number of hydrogen-bond donors (Lipinski definition) is 0. The van der Waals surface area contributed by atoms with E-state index in [4.69, 9.17) is 9.84 Å². The third kappa shape index (κ3) is 6.34. The van der Waals surface area contributed by atoms with Gasteiger partial charge in [0, 0.05) is 23.1 Å². The highest BCUT2D eigenvalue weighted by atomic mass is 16.5. The van der Waals surface area contributed by atoms with Crippen LogP contribution in [0.25, 0.3) is 0 Å². The minimum absolute atomic E-state index is 0.463. The maximum Gasteiger partial charge on any atom is 0.335 e. The Morgan fingerprint density at radius 3 is 1.62 bits per heavy atom. The number of aryl methyl sites for hydroxylation is 1. The number of hydrogen-bond acceptors (Lipinski definition) is 5. The van der Waals surface area contributed by atoms with Gasteiger partial charge in [0.15, 0.2) is 0 Å². The highest BCUT2D eigenvalue weighted by molar-refractivity contribution is 5.85. The zero-order valence-electron chi connectivity index (χ0n) is 22.2. The minimum atomic E-state index is -0.488. The summed E-state index contributed by atoms with van der Waals surface area (Å²) in [7, 11) is 0. The Kier molecular flexibility index (Phi) is 8.13. The van der Waals surface area contributed by atoms with Crippen LogP contribution in [0.5, 0.6) is 5.75 Å². The lowest BCUT2D eigenvalue weighted by Gasteiger charge is -2.26. The SMILES string of the molecule is C=CC(=O)Oc1ccc(N(c2ccc(C)cc2)c2ccc(C=NN(c3ccccc3)c3ccccc3)cc2)cc1. The van der Waals surface area contributed by atoms with E-state index in [0.717, 1.165) is 40.1 Å². The van der Waals surface area contributed by atoms with E-state index in [2.05, 4.69) is 66.9 Å². The van der Waals surface area contributed by atoms with Crippen molar-refractivity contribution in [2.45, 2.75) is 6.92 Å². The first-order valence-electron chi connectivity index (χ1n) is 13.0. The molecular weight excluding hydrogens is 494 g/mol. The van der Waals surface area contributed by atoms with E-state index in [9.17, 15) is 4.79 Å². The molecule has 0 saturated carbocycles. The molecule has 0 fully saturated rings. The largest absolute Gasteiger partial charge is 0.423 e. The zero-order chi connectivity index (χ0) is 27.7. The Labute approximate surface area is 234 Å². The highest BCUT2D eigenvalue weighted by Crippen LogP contribution is 2.35. The van der Waals surface area contributed by atoms with E-state index in [1.165, 1.54) is 5.56 Å². The summed E-state index contributed by atoms with van der Waals surface area (Å²) in [5.74, 6) is -0.0241. The first kappa shape index (κ1) is 26.2. The van der Waals surface area contributed by atoms with Crippen LogP contribution in [0.2, 0.25) is 0 Å². The first-order chi connectivity index (χ1) is 19.6. The number of esters is 1. The summed E-state index contributed by atoms with van der Waals surface area (Å²) in [5, 5.41) is 6.75. The van der Waals surface area contributed by atoms with Crippen LogP contribution in [0, 0.1) is 6.92 Å². The van der Waals surface area contributed by atoms with E-state index in [1.54, 1.807) is 12.1 Å². The molecule has 5 heteroatoms. The van der Waals surface area contributed by atoms with Crippen LogP contribution >= 0.6 is 0 Å². The zero-order valence-corrected chi connectivity index (χ0v) is 22.2. The third-order valence-electron chi connectivity index (χ3n) is 6.25. The monoisotopic (exact) mass is 523 g/mol. The van der Waals surface area contributed by atoms with Crippen LogP contribution < -0.4 is 14.6 Å². The second kappa shape index (κ2) is 12.4. The number of para-hydroxylation sites is 2. The molecule has 0 bridgehead atoms. The molecule has 0 atom stereocenters. The normalized spacial score (nSPS) is 10.7. The Bertz CT molecular complexity index is 1540. The fraction of sp³-hybridized carbons (Fsp3) is 0.0286. The lowest BCUT2D eigenvalue weighted by Crippen LogP contribution is -2.11. The molecule has 5 nitrogen and oxygen atoms in total. The molecule has 5 aromatic rings. The van der Waals surface area contributed by atoms with E-state index in [1.807, 2.05) is 84.0 Å². The Hall–Kier alpha value is -5.42. The second-order valence-corrected chi connectivity index (χ2v) is 9.11. The maximum atomic E-state index is 11.6. The second-order valence-electron chi connectivity index (χ2n) is 9.11. The molecule has 0 N–H and O–H groups in total. The number of carbonyl (C=O) groups is 1. The fourth-order valence-corrected chi connectivity index (χ4v) is 4.22. The fourth-order valence-electron chi connectivity index (χ4n) is 4.22. The smallest absolute Gasteiger partial charge is 0.335 e. The molecule has 0 spiro atoms. The van der Waals surface area contributed by atoms with Crippen LogP contribution in [-0.4, -0.2) is 12.2 Å². The maximum absolute atomic E-state index is 11.6. The van der Waals surface area contributed by atoms with Gasteiger partial charge in [0.25, 0.3) is 0 Å². The standard InChI is InChI=1S/C35H29N3O2/c1-3-35(39)40-34-24-22-31(23-25-34)37(29-18-14-27(2)15-19-29)30-20-16-28(17-21-30)26-36-38(32-10-6-4-7-11-32)33-12-8-5-9-13-33/h3-26H,1H2,2H3. The number of hydrazone groups is 1. The molecule has 40 heavy (non-hydrogen) atoms. The van der Waals surface area contributed by atoms with E-state index in [-0.39, 0.29) is 0 Å². The molecule has 0 amide bonds. The van der Waals surface area contributed by atoms with Gasteiger partial charge in [0.1, 0.15) is 5.75 Å². The average molecular weight is 524 g/mol. The van der Waals surface area contributed by atoms with Crippen molar-refractivity contribution in [1.29, 1.82) is 0 Å². The van der Waals surface area contributed by atoms with Gasteiger partial charge in [0.2, 0.25) is 0 Å². The Morgan fingerprint density at radius 1 is 0.650 bits per heavy atom. The first-order valence-corrected chi connectivity index (χ1v) is 13.0. The molecular formula is C35H29N3O2. The molecule has 0 heterocycles.